The lowest BCUT2D eigenvalue weighted by atomic mass is 9.74. The number of aryl methyl sites for hydroxylation is 1. The number of Topliss-reactive ketones (excluding diaryl/α,β-unsaturated/α-hetero) is 1. The average Bonchev–Trinajstić information content (AvgIpc) is 3.59. The number of anilines is 1. The second kappa shape index (κ2) is 11.0. The Morgan fingerprint density at radius 3 is 2.22 bits per heavy atom. The number of nitrogens with one attached hydrogen (secondary N) is 1. The van der Waals surface area contributed by atoms with Gasteiger partial charge in [-0.3, -0.25) is 9.69 Å². The third-order valence-electron chi connectivity index (χ3n) is 7.70. The first-order valence-electron chi connectivity index (χ1n) is 12.9. The number of benzene rings is 3. The molecule has 2 amide bonds. The van der Waals surface area contributed by atoms with Crippen LogP contribution in [0.4, 0.5) is 14.9 Å². The van der Waals surface area contributed by atoms with Crippen molar-refractivity contribution in [1.82, 2.24) is 4.90 Å². The van der Waals surface area contributed by atoms with Gasteiger partial charge in [-0.05, 0) is 67.3 Å². The number of halogens is 1. The van der Waals surface area contributed by atoms with Gasteiger partial charge in [-0.15, -0.1) is 11.3 Å². The average molecular weight is 568 g/mol. The molecular formula is C32H26FN3O4S. The minimum atomic E-state index is -1.86. The molecule has 2 heterocycles. The molecule has 9 heteroatoms. The molecule has 2 N–H and O–H groups in total. The number of thiophene rings is 1. The van der Waals surface area contributed by atoms with Gasteiger partial charge < -0.3 is 10.4 Å². The fourth-order valence-corrected chi connectivity index (χ4v) is 6.65. The zero-order valence-corrected chi connectivity index (χ0v) is 23.1. The van der Waals surface area contributed by atoms with Gasteiger partial charge in [0.15, 0.2) is 5.78 Å². The molecule has 1 fully saturated rings. The molecular weight excluding hydrogens is 541 g/mol. The van der Waals surface area contributed by atoms with Crippen LogP contribution in [-0.4, -0.2) is 33.3 Å². The van der Waals surface area contributed by atoms with Crippen molar-refractivity contribution in [3.8, 4) is 6.07 Å². The number of hydrogen-bond acceptors (Lipinski definition) is 5. The molecule has 4 unspecified atom stereocenters. The van der Waals surface area contributed by atoms with Crippen molar-refractivity contribution in [2.24, 2.45) is 5.92 Å². The molecule has 41 heavy (non-hydrogen) atoms. The van der Waals surface area contributed by atoms with Crippen molar-refractivity contribution in [2.75, 3.05) is 5.32 Å². The van der Waals surface area contributed by atoms with Gasteiger partial charge in [0.25, 0.3) is 0 Å². The highest BCUT2D eigenvalue weighted by molar-refractivity contribution is 7.10. The molecule has 1 aromatic heterocycles. The molecule has 0 bridgehead atoms. The van der Waals surface area contributed by atoms with Gasteiger partial charge in [0, 0.05) is 22.0 Å². The third kappa shape index (κ3) is 4.98. The summed E-state index contributed by atoms with van der Waals surface area (Å²) in [4.78, 5) is 43.6. The topological polar surface area (TPSA) is 111 Å². The second-order valence-electron chi connectivity index (χ2n) is 10.2. The van der Waals surface area contributed by atoms with Gasteiger partial charge >= 0.3 is 12.0 Å². The van der Waals surface area contributed by atoms with Crippen molar-refractivity contribution in [3.05, 3.63) is 123 Å². The summed E-state index contributed by atoms with van der Waals surface area (Å²) in [5.41, 5.74) is 0.653. The van der Waals surface area contributed by atoms with E-state index in [-0.39, 0.29) is 11.5 Å². The normalized spacial score (nSPS) is 21.7. The Bertz CT molecular complexity index is 1630. The minimum Gasteiger partial charge on any atom is -0.479 e. The van der Waals surface area contributed by atoms with Crippen LogP contribution in [0.25, 0.3) is 0 Å². The van der Waals surface area contributed by atoms with Crippen LogP contribution in [0.2, 0.25) is 0 Å². The molecule has 5 rings (SSSR count). The number of carbonyl (C=O) groups excluding carboxylic acids is 2. The molecule has 206 valence electrons. The Morgan fingerprint density at radius 1 is 1.00 bits per heavy atom. The van der Waals surface area contributed by atoms with E-state index in [0.717, 1.165) is 5.56 Å². The van der Waals surface area contributed by atoms with Crippen LogP contribution < -0.4 is 5.32 Å². The summed E-state index contributed by atoms with van der Waals surface area (Å²) >= 11 is 1.32. The number of carboxylic acids is 1. The molecule has 1 saturated heterocycles. The van der Waals surface area contributed by atoms with Crippen molar-refractivity contribution < 1.29 is 23.9 Å². The Morgan fingerprint density at radius 2 is 1.66 bits per heavy atom. The number of aliphatic carboxylic acids is 1. The quantitative estimate of drug-likeness (QED) is 0.250. The first-order valence-corrected chi connectivity index (χ1v) is 13.8. The van der Waals surface area contributed by atoms with Gasteiger partial charge in [-0.2, -0.15) is 5.26 Å². The first kappa shape index (κ1) is 27.7. The maximum atomic E-state index is 14.4. The number of carboxylic acid groups (broad SMARTS) is 1. The zero-order chi connectivity index (χ0) is 29.3. The first-order chi connectivity index (χ1) is 19.6. The summed E-state index contributed by atoms with van der Waals surface area (Å²) in [5.74, 6) is -3.96. The summed E-state index contributed by atoms with van der Waals surface area (Å²) in [6, 6.07) is 22.5. The Labute approximate surface area is 240 Å². The predicted octanol–water partition coefficient (Wildman–Crippen LogP) is 6.78. The van der Waals surface area contributed by atoms with E-state index in [2.05, 4.69) is 11.4 Å². The van der Waals surface area contributed by atoms with Gasteiger partial charge in [0.1, 0.15) is 11.4 Å². The van der Waals surface area contributed by atoms with Crippen molar-refractivity contribution in [3.63, 3.8) is 0 Å². The number of hydrogen-bond donors (Lipinski definition) is 2. The highest BCUT2D eigenvalue weighted by Crippen LogP contribution is 2.57. The number of ketones is 1. The van der Waals surface area contributed by atoms with Crippen LogP contribution in [-0.2, 0) is 4.79 Å². The Kier molecular flexibility index (Phi) is 7.43. The second-order valence-corrected chi connectivity index (χ2v) is 11.2. The monoisotopic (exact) mass is 567 g/mol. The fraction of sp³-hybridized carbons (Fsp3) is 0.188. The number of nitrogens with zero attached hydrogens (tertiary/aromatic N) is 2. The van der Waals surface area contributed by atoms with Crippen molar-refractivity contribution in [1.29, 1.82) is 5.26 Å². The molecule has 1 aliphatic heterocycles. The van der Waals surface area contributed by atoms with E-state index in [0.29, 0.717) is 21.6 Å². The number of nitriles is 1. The van der Waals surface area contributed by atoms with Gasteiger partial charge in [-0.25, -0.2) is 14.0 Å². The summed E-state index contributed by atoms with van der Waals surface area (Å²) in [6.45, 7) is 3.36. The number of urea groups is 1. The molecule has 0 radical (unpaired) electrons. The largest absolute Gasteiger partial charge is 0.479 e. The van der Waals surface area contributed by atoms with E-state index >= 15 is 0 Å². The van der Waals surface area contributed by atoms with Crippen LogP contribution in [0, 0.1) is 30.0 Å². The maximum absolute atomic E-state index is 14.4. The summed E-state index contributed by atoms with van der Waals surface area (Å²) < 4.78 is 13.6. The van der Waals surface area contributed by atoms with Crippen molar-refractivity contribution in [2.45, 2.75) is 31.3 Å². The van der Waals surface area contributed by atoms with Gasteiger partial charge in [-0.1, -0.05) is 48.0 Å². The summed E-state index contributed by atoms with van der Waals surface area (Å²) in [5, 5.41) is 24.7. The lowest BCUT2D eigenvalue weighted by Crippen LogP contribution is -2.55. The van der Waals surface area contributed by atoms with E-state index in [1.165, 1.54) is 47.4 Å². The number of likely N-dealkylation sites (tertiary alicyclic amines) is 1. The van der Waals surface area contributed by atoms with Crippen LogP contribution in [0.3, 0.4) is 0 Å². The molecule has 7 nitrogen and oxygen atoms in total. The molecule has 4 aromatic rings. The predicted molar refractivity (Wildman–Crippen MR) is 153 cm³/mol. The lowest BCUT2D eigenvalue weighted by Gasteiger charge is -2.37. The number of rotatable bonds is 6. The molecule has 0 spiro atoms. The van der Waals surface area contributed by atoms with Crippen molar-refractivity contribution >= 4 is 34.8 Å². The maximum Gasteiger partial charge on any atom is 0.330 e. The third-order valence-corrected chi connectivity index (χ3v) is 8.66. The van der Waals surface area contributed by atoms with Crippen LogP contribution in [0.15, 0.2) is 90.3 Å². The van der Waals surface area contributed by atoms with E-state index in [4.69, 9.17) is 0 Å². The van der Waals surface area contributed by atoms with E-state index in [9.17, 15) is 29.1 Å². The van der Waals surface area contributed by atoms with Gasteiger partial charge in [0.05, 0.1) is 23.6 Å². The SMILES string of the molecule is Cc1ccc(C(=O)C2C(c3ccc(C#N)cc3)N(C(=O)Nc3ccc(F)cc3)C(C)(C(=O)O)C2c2cccs2)cc1. The highest BCUT2D eigenvalue weighted by atomic mass is 32.1. The van der Waals surface area contributed by atoms with Crippen LogP contribution >= 0.6 is 11.3 Å². The van der Waals surface area contributed by atoms with Crippen LogP contribution in [0.1, 0.15) is 50.8 Å². The van der Waals surface area contributed by atoms with E-state index < -0.39 is 41.2 Å². The number of carbonyl (C=O) groups is 3. The van der Waals surface area contributed by atoms with Crippen LogP contribution in [0.5, 0.6) is 0 Å². The summed E-state index contributed by atoms with van der Waals surface area (Å²) in [7, 11) is 0. The molecule has 3 aromatic carbocycles. The standard InChI is InChI=1S/C32H26FN3O4S/c1-19-5-9-22(10-6-19)29(37)26-27(25-4-3-17-41-25)32(2,30(38)39)36(28(26)21-11-7-20(18-34)8-12-21)31(40)35-24-15-13-23(33)14-16-24/h3-17,26-28H,1-2H3,(H,35,40)(H,38,39). The zero-order valence-electron chi connectivity index (χ0n) is 22.2. The fourth-order valence-electron chi connectivity index (χ4n) is 5.66. The smallest absolute Gasteiger partial charge is 0.330 e. The lowest BCUT2D eigenvalue weighted by molar-refractivity contribution is -0.148. The Hall–Kier alpha value is -4.81. The van der Waals surface area contributed by atoms with E-state index in [1.807, 2.05) is 24.4 Å². The molecule has 0 aliphatic carbocycles. The molecule has 0 saturated carbocycles. The number of amides is 2. The minimum absolute atomic E-state index is 0.267. The van der Waals surface area contributed by atoms with E-state index in [1.54, 1.807) is 48.5 Å². The highest BCUT2D eigenvalue weighted by Gasteiger charge is 2.65. The Balaban J connectivity index is 1.74. The van der Waals surface area contributed by atoms with Gasteiger partial charge in [0.2, 0.25) is 0 Å². The summed E-state index contributed by atoms with van der Waals surface area (Å²) in [6.07, 6.45) is 0. The molecule has 4 atom stereocenters. The molecule has 1 aliphatic rings.